The lowest BCUT2D eigenvalue weighted by molar-refractivity contribution is -0.150. The number of Topliss-reactive ketones (excluding diaryl/α,β-unsaturated/α-hetero) is 1. The Bertz CT molecular complexity index is 2090. The first-order valence-corrected chi connectivity index (χ1v) is 21.9. The van der Waals surface area contributed by atoms with Gasteiger partial charge in [0.15, 0.2) is 5.78 Å². The molecule has 7 amide bonds. The van der Waals surface area contributed by atoms with Crippen LogP contribution in [0.2, 0.25) is 5.02 Å². The van der Waals surface area contributed by atoms with Crippen LogP contribution < -0.4 is 21.3 Å². The van der Waals surface area contributed by atoms with Crippen LogP contribution in [0.1, 0.15) is 57.6 Å². The number of carbonyl (C=O) groups is 7. The first kappa shape index (κ1) is 44.6. The fourth-order valence-corrected chi connectivity index (χ4v) is 9.88. The van der Waals surface area contributed by atoms with Gasteiger partial charge in [-0.05, 0) is 69.7 Å². The minimum atomic E-state index is -1.57. The zero-order valence-electron chi connectivity index (χ0n) is 33.9. The number of anilines is 1. The summed E-state index contributed by atoms with van der Waals surface area (Å²) in [4.78, 5) is 99.2. The standard InChI is InChI=1S/C41H51ClFN7O9S/c1-22-7-5-8-26(15-22)16-30(46-40(58)45-29-11-10-27(42)17-28(29)43)35(53)47-34(25(4)51)39(57)48-12-6-9-31(48)38(56)49-13-14-60(59)21-32(49)36(54)44-24(3)37(55)50-20-23(2)18-41(50)19-33(41)52/h5,7-8,10-11,15,17,23-25,30-32,34,51H,6,9,12-14,16,18-21H2,1-4H3,(H,44,54)(H,47,53)(H2,45,46,58)/t23-,24+,25+,30+,31+,32+,34+,41+,60?/m1/s1. The van der Waals surface area contributed by atoms with Gasteiger partial charge in [0.2, 0.25) is 29.5 Å². The summed E-state index contributed by atoms with van der Waals surface area (Å²) in [7, 11) is -1.46. The van der Waals surface area contributed by atoms with E-state index in [2.05, 4.69) is 21.3 Å². The highest BCUT2D eigenvalue weighted by atomic mass is 35.5. The van der Waals surface area contributed by atoms with Crippen molar-refractivity contribution in [3.63, 3.8) is 0 Å². The number of benzene rings is 2. The Labute approximate surface area is 354 Å². The fourth-order valence-electron chi connectivity index (χ4n) is 8.47. The molecule has 2 aromatic rings. The normalized spacial score (nSPS) is 25.6. The van der Waals surface area contributed by atoms with E-state index in [0.717, 1.165) is 11.6 Å². The molecule has 4 aliphatic rings. The van der Waals surface area contributed by atoms with Crippen molar-refractivity contribution in [2.24, 2.45) is 5.92 Å². The molecule has 16 nitrogen and oxygen atoms in total. The summed E-state index contributed by atoms with van der Waals surface area (Å²) in [6.07, 6.45) is -0.0785. The molecule has 3 saturated heterocycles. The van der Waals surface area contributed by atoms with E-state index in [0.29, 0.717) is 24.9 Å². The Morgan fingerprint density at radius 2 is 1.73 bits per heavy atom. The topological polar surface area (TPSA) is 215 Å². The summed E-state index contributed by atoms with van der Waals surface area (Å²) < 4.78 is 27.3. The van der Waals surface area contributed by atoms with Crippen LogP contribution in [-0.2, 0) is 46.0 Å². The Morgan fingerprint density at radius 1 is 1.00 bits per heavy atom. The highest BCUT2D eigenvalue weighted by molar-refractivity contribution is 7.85. The quantitative estimate of drug-likeness (QED) is 0.208. The molecule has 4 fully saturated rings. The van der Waals surface area contributed by atoms with E-state index >= 15 is 0 Å². The molecule has 0 bridgehead atoms. The summed E-state index contributed by atoms with van der Waals surface area (Å²) in [6, 6.07) is 3.64. The number of aliphatic hydroxyl groups excluding tert-OH is 1. The van der Waals surface area contributed by atoms with Gasteiger partial charge in [-0.15, -0.1) is 0 Å². The van der Waals surface area contributed by atoms with E-state index in [1.165, 1.54) is 40.7 Å². The number of hydrogen-bond donors (Lipinski definition) is 5. The van der Waals surface area contributed by atoms with Gasteiger partial charge in [-0.25, -0.2) is 9.18 Å². The molecule has 6 rings (SSSR count). The third-order valence-electron chi connectivity index (χ3n) is 11.6. The van der Waals surface area contributed by atoms with Crippen molar-refractivity contribution in [3.8, 4) is 0 Å². The fraction of sp³-hybridized carbons (Fsp3) is 0.537. The molecule has 60 heavy (non-hydrogen) atoms. The van der Waals surface area contributed by atoms with Gasteiger partial charge in [-0.1, -0.05) is 48.4 Å². The van der Waals surface area contributed by atoms with E-state index in [1.807, 2.05) is 19.9 Å². The van der Waals surface area contributed by atoms with Crippen molar-refractivity contribution in [3.05, 3.63) is 64.4 Å². The molecule has 0 aromatic heterocycles. The van der Waals surface area contributed by atoms with E-state index in [4.69, 9.17) is 11.6 Å². The van der Waals surface area contributed by atoms with E-state index in [9.17, 15) is 47.3 Å². The number of rotatable bonds is 12. The maximum atomic E-state index is 14.5. The average molecular weight is 872 g/mol. The van der Waals surface area contributed by atoms with Gasteiger partial charge in [0.05, 0.1) is 17.5 Å². The zero-order valence-corrected chi connectivity index (χ0v) is 35.4. The summed E-state index contributed by atoms with van der Waals surface area (Å²) in [6.45, 7) is 7.01. The molecule has 19 heteroatoms. The van der Waals surface area contributed by atoms with Crippen LogP contribution in [0.25, 0.3) is 0 Å². The van der Waals surface area contributed by atoms with Gasteiger partial charge < -0.3 is 41.1 Å². The van der Waals surface area contributed by atoms with Crippen LogP contribution in [0.4, 0.5) is 14.9 Å². The van der Waals surface area contributed by atoms with Crippen LogP contribution in [-0.4, -0.2) is 138 Å². The lowest BCUT2D eigenvalue weighted by Crippen LogP contribution is -2.63. The van der Waals surface area contributed by atoms with Crippen LogP contribution in [0.3, 0.4) is 0 Å². The van der Waals surface area contributed by atoms with Crippen molar-refractivity contribution < 1.29 is 47.3 Å². The van der Waals surface area contributed by atoms with Gasteiger partial charge in [0.25, 0.3) is 0 Å². The average Bonchev–Trinajstić information content (AvgIpc) is 3.46. The number of amides is 7. The van der Waals surface area contributed by atoms with Crippen molar-refractivity contribution >= 4 is 69.4 Å². The smallest absolute Gasteiger partial charge is 0.319 e. The van der Waals surface area contributed by atoms with Gasteiger partial charge in [0, 0.05) is 54.1 Å². The van der Waals surface area contributed by atoms with Crippen molar-refractivity contribution in [1.29, 1.82) is 0 Å². The zero-order chi connectivity index (χ0) is 43.6. The second-order valence-corrected chi connectivity index (χ2v) is 18.4. The molecular formula is C41H51ClFN7O9S. The van der Waals surface area contributed by atoms with Gasteiger partial charge >= 0.3 is 6.03 Å². The van der Waals surface area contributed by atoms with Crippen molar-refractivity contribution in [1.82, 2.24) is 30.7 Å². The third-order valence-corrected chi connectivity index (χ3v) is 13.2. The lowest BCUT2D eigenvalue weighted by atomic mass is 10.0. The molecule has 0 radical (unpaired) electrons. The number of aryl methyl sites for hydroxylation is 1. The molecule has 2 aromatic carbocycles. The van der Waals surface area contributed by atoms with Crippen LogP contribution >= 0.6 is 11.6 Å². The number of nitrogens with zero attached hydrogens (tertiary/aromatic N) is 3. The molecular weight excluding hydrogens is 821 g/mol. The van der Waals surface area contributed by atoms with Gasteiger partial charge in [-0.3, -0.25) is 33.0 Å². The number of nitrogens with one attached hydrogen (secondary N) is 4. The van der Waals surface area contributed by atoms with E-state index in [-0.39, 0.29) is 66.3 Å². The largest absolute Gasteiger partial charge is 0.391 e. The monoisotopic (exact) mass is 871 g/mol. The number of ketones is 1. The van der Waals surface area contributed by atoms with Crippen LogP contribution in [0, 0.1) is 18.7 Å². The second-order valence-electron chi connectivity index (χ2n) is 16.4. The van der Waals surface area contributed by atoms with Crippen molar-refractivity contribution in [2.75, 3.05) is 36.5 Å². The van der Waals surface area contributed by atoms with Crippen LogP contribution in [0.15, 0.2) is 42.5 Å². The Morgan fingerprint density at radius 3 is 2.40 bits per heavy atom. The summed E-state index contributed by atoms with van der Waals surface area (Å²) in [5, 5.41) is 21.1. The van der Waals surface area contributed by atoms with Crippen molar-refractivity contribution in [2.45, 2.75) is 102 Å². The first-order valence-electron chi connectivity index (χ1n) is 20.1. The molecule has 324 valence electrons. The highest BCUT2D eigenvalue weighted by Crippen LogP contribution is 2.48. The predicted octanol–water partition coefficient (Wildman–Crippen LogP) is 1.42. The third kappa shape index (κ3) is 9.81. The number of urea groups is 1. The number of carbonyl (C=O) groups excluding carboxylic acids is 7. The predicted molar refractivity (Wildman–Crippen MR) is 219 cm³/mol. The first-order chi connectivity index (χ1) is 28.4. The molecule has 3 heterocycles. The number of likely N-dealkylation sites (tertiary alicyclic amines) is 2. The molecule has 1 spiro atoms. The molecule has 1 unspecified atom stereocenters. The Hall–Kier alpha value is -4.94. The van der Waals surface area contributed by atoms with Gasteiger partial charge in [-0.2, -0.15) is 0 Å². The minimum Gasteiger partial charge on any atom is -0.391 e. The van der Waals surface area contributed by atoms with Gasteiger partial charge in [0.1, 0.15) is 41.6 Å². The van der Waals surface area contributed by atoms with E-state index in [1.54, 1.807) is 18.2 Å². The van der Waals surface area contributed by atoms with Crippen LogP contribution in [0.5, 0.6) is 0 Å². The second kappa shape index (κ2) is 18.4. The molecule has 3 aliphatic heterocycles. The summed E-state index contributed by atoms with van der Waals surface area (Å²) in [5.41, 5.74) is 0.518. The maximum absolute atomic E-state index is 14.5. The lowest BCUT2D eigenvalue weighted by Gasteiger charge is -2.39. The summed E-state index contributed by atoms with van der Waals surface area (Å²) in [5.74, 6) is -4.13. The molecule has 9 atom stereocenters. The SMILES string of the molecule is Cc1cccc(C[C@H](NC(=O)Nc2ccc(Cl)cc2F)C(=O)N[C@H](C(=O)N2CCC[C@H]2C(=O)N2CCS(=O)C[C@H]2C(=O)N[C@@H](C)C(=O)N2C[C@H](C)C[C@@]23CC3=O)[C@H](C)O)c1. The Kier molecular flexibility index (Phi) is 13.6. The number of hydrogen-bond acceptors (Lipinski definition) is 9. The summed E-state index contributed by atoms with van der Waals surface area (Å²) >= 11 is 5.84. The Balaban J connectivity index is 1.15. The molecule has 1 aliphatic carbocycles. The number of halogens is 2. The minimum absolute atomic E-state index is 0.0135. The number of aliphatic hydroxyl groups is 1. The highest BCUT2D eigenvalue weighted by Gasteiger charge is 2.63. The molecule has 5 N–H and O–H groups in total. The van der Waals surface area contributed by atoms with E-state index < -0.39 is 94.0 Å². The molecule has 1 saturated carbocycles. The maximum Gasteiger partial charge on any atom is 0.319 e.